The first-order valence-electron chi connectivity index (χ1n) is 5.20. The molecule has 1 heterocycles. The van der Waals surface area contributed by atoms with Gasteiger partial charge in [0.15, 0.2) is 0 Å². The van der Waals surface area contributed by atoms with Crippen LogP contribution < -0.4 is 11.3 Å². The number of aromatic nitrogens is 1. The van der Waals surface area contributed by atoms with Crippen molar-refractivity contribution in [3.8, 4) is 11.3 Å². The monoisotopic (exact) mass is 214 g/mol. The Kier molecular flexibility index (Phi) is 2.88. The molecule has 2 rings (SSSR count). The molecule has 0 fully saturated rings. The molecule has 0 aliphatic heterocycles. The highest BCUT2D eigenvalue weighted by Crippen LogP contribution is 2.16. The molecule has 3 nitrogen and oxygen atoms in total. The number of hydrogen-bond acceptors (Lipinski definition) is 2. The molecule has 0 unspecified atom stereocenters. The number of rotatable bonds is 2. The molecule has 1 aromatic heterocycles. The van der Waals surface area contributed by atoms with Crippen LogP contribution in [-0.2, 0) is 6.54 Å². The molecule has 0 atom stereocenters. The molecule has 0 saturated carbocycles. The Balaban J connectivity index is 2.49. The van der Waals surface area contributed by atoms with Crippen LogP contribution in [0.25, 0.3) is 11.3 Å². The minimum Gasteiger partial charge on any atom is -0.326 e. The van der Waals surface area contributed by atoms with Crippen molar-refractivity contribution >= 4 is 0 Å². The van der Waals surface area contributed by atoms with Crippen molar-refractivity contribution in [3.05, 3.63) is 57.9 Å². The van der Waals surface area contributed by atoms with Gasteiger partial charge in [-0.05, 0) is 24.6 Å². The van der Waals surface area contributed by atoms with E-state index in [-0.39, 0.29) is 12.1 Å². The summed E-state index contributed by atoms with van der Waals surface area (Å²) in [7, 11) is 0. The summed E-state index contributed by atoms with van der Waals surface area (Å²) in [6.45, 7) is 2.29. The van der Waals surface area contributed by atoms with Gasteiger partial charge >= 0.3 is 0 Å². The summed E-state index contributed by atoms with van der Waals surface area (Å²) in [5.41, 5.74) is 8.95. The number of H-pyrrole nitrogens is 1. The Morgan fingerprint density at radius 1 is 1.25 bits per heavy atom. The third kappa shape index (κ3) is 2.04. The average molecular weight is 214 g/mol. The molecule has 0 aliphatic carbocycles. The summed E-state index contributed by atoms with van der Waals surface area (Å²) in [4.78, 5) is 14.4. The van der Waals surface area contributed by atoms with Crippen LogP contribution in [0.4, 0.5) is 0 Å². The number of hydrogen-bond donors (Lipinski definition) is 2. The predicted molar refractivity (Wildman–Crippen MR) is 65.1 cm³/mol. The van der Waals surface area contributed by atoms with Gasteiger partial charge in [-0.1, -0.05) is 29.8 Å². The summed E-state index contributed by atoms with van der Waals surface area (Å²) in [5, 5.41) is 0. The van der Waals surface area contributed by atoms with Gasteiger partial charge in [0.2, 0.25) is 0 Å². The number of aryl methyl sites for hydroxylation is 1. The maximum absolute atomic E-state index is 11.6. The van der Waals surface area contributed by atoms with Gasteiger partial charge < -0.3 is 10.7 Å². The van der Waals surface area contributed by atoms with Crippen molar-refractivity contribution in [2.45, 2.75) is 13.5 Å². The first-order valence-corrected chi connectivity index (χ1v) is 5.20. The van der Waals surface area contributed by atoms with Crippen molar-refractivity contribution < 1.29 is 0 Å². The van der Waals surface area contributed by atoms with Crippen LogP contribution in [0.5, 0.6) is 0 Å². The second-order valence-electron chi connectivity index (χ2n) is 3.80. The molecule has 0 amide bonds. The fourth-order valence-electron chi connectivity index (χ4n) is 1.65. The van der Waals surface area contributed by atoms with Crippen molar-refractivity contribution in [2.75, 3.05) is 0 Å². The first kappa shape index (κ1) is 10.6. The minimum atomic E-state index is -0.110. The van der Waals surface area contributed by atoms with Crippen LogP contribution in [0.1, 0.15) is 11.1 Å². The van der Waals surface area contributed by atoms with Crippen LogP contribution in [0.15, 0.2) is 41.2 Å². The molecule has 2 aromatic rings. The molecule has 0 bridgehead atoms. The number of aromatic amines is 1. The fourth-order valence-corrected chi connectivity index (χ4v) is 1.65. The van der Waals surface area contributed by atoms with Crippen LogP contribution in [0.2, 0.25) is 0 Å². The Bertz CT molecular complexity index is 558. The minimum absolute atomic E-state index is 0.110. The molecule has 0 radical (unpaired) electrons. The van der Waals surface area contributed by atoms with Gasteiger partial charge in [0.25, 0.3) is 5.56 Å². The molecule has 1 aromatic carbocycles. The Morgan fingerprint density at radius 3 is 2.69 bits per heavy atom. The lowest BCUT2D eigenvalue weighted by Crippen LogP contribution is -2.15. The third-order valence-corrected chi connectivity index (χ3v) is 2.54. The van der Waals surface area contributed by atoms with Crippen LogP contribution in [-0.4, -0.2) is 4.98 Å². The zero-order valence-corrected chi connectivity index (χ0v) is 9.16. The van der Waals surface area contributed by atoms with E-state index in [4.69, 9.17) is 5.73 Å². The second-order valence-corrected chi connectivity index (χ2v) is 3.80. The smallest absolute Gasteiger partial charge is 0.252 e. The van der Waals surface area contributed by atoms with Gasteiger partial charge in [-0.2, -0.15) is 0 Å². The molecule has 3 N–H and O–H groups in total. The molecular weight excluding hydrogens is 200 g/mol. The lowest BCUT2D eigenvalue weighted by Gasteiger charge is -2.03. The van der Waals surface area contributed by atoms with E-state index in [9.17, 15) is 4.79 Å². The van der Waals surface area contributed by atoms with Crippen molar-refractivity contribution in [2.24, 2.45) is 5.73 Å². The van der Waals surface area contributed by atoms with Crippen molar-refractivity contribution in [1.29, 1.82) is 0 Å². The highest BCUT2D eigenvalue weighted by molar-refractivity contribution is 5.59. The average Bonchev–Trinajstić information content (AvgIpc) is 2.29. The Hall–Kier alpha value is -1.87. The number of nitrogens with two attached hydrogens (primary N) is 1. The van der Waals surface area contributed by atoms with Gasteiger partial charge in [0, 0.05) is 17.8 Å². The topological polar surface area (TPSA) is 58.9 Å². The van der Waals surface area contributed by atoms with Crippen molar-refractivity contribution in [3.63, 3.8) is 0 Å². The van der Waals surface area contributed by atoms with Crippen LogP contribution in [0, 0.1) is 6.92 Å². The maximum Gasteiger partial charge on any atom is 0.252 e. The van der Waals surface area contributed by atoms with E-state index < -0.39 is 0 Å². The van der Waals surface area contributed by atoms with E-state index >= 15 is 0 Å². The maximum atomic E-state index is 11.6. The molecule has 0 spiro atoms. The quantitative estimate of drug-likeness (QED) is 0.801. The summed E-state index contributed by atoms with van der Waals surface area (Å²) in [6, 6.07) is 11.7. The number of nitrogens with one attached hydrogen (secondary N) is 1. The van der Waals surface area contributed by atoms with Crippen molar-refractivity contribution in [1.82, 2.24) is 4.98 Å². The van der Waals surface area contributed by atoms with E-state index in [1.165, 1.54) is 5.56 Å². The van der Waals surface area contributed by atoms with E-state index in [2.05, 4.69) is 4.98 Å². The zero-order chi connectivity index (χ0) is 11.5. The summed E-state index contributed by atoms with van der Waals surface area (Å²) in [5.74, 6) is 0. The lowest BCUT2D eigenvalue weighted by atomic mass is 10.1. The first-order chi connectivity index (χ1) is 7.70. The van der Waals surface area contributed by atoms with Gasteiger partial charge in [-0.25, -0.2) is 0 Å². The second kappa shape index (κ2) is 4.33. The standard InChI is InChI=1S/C13H14N2O/c1-9-3-2-4-10(7-9)12-6-5-11(8-14)13(16)15-12/h2-7H,8,14H2,1H3,(H,15,16). The largest absolute Gasteiger partial charge is 0.326 e. The van der Waals surface area contributed by atoms with E-state index in [0.29, 0.717) is 5.56 Å². The van der Waals surface area contributed by atoms with Gasteiger partial charge in [-0.3, -0.25) is 4.79 Å². The van der Waals surface area contributed by atoms with E-state index in [1.54, 1.807) is 6.07 Å². The normalized spacial score (nSPS) is 10.4. The molecule has 16 heavy (non-hydrogen) atoms. The Labute approximate surface area is 93.9 Å². The van der Waals surface area contributed by atoms with Gasteiger partial charge in [0.05, 0.1) is 0 Å². The van der Waals surface area contributed by atoms with E-state index in [0.717, 1.165) is 11.3 Å². The predicted octanol–water partition coefficient (Wildman–Crippen LogP) is 1.81. The SMILES string of the molecule is Cc1cccc(-c2ccc(CN)c(=O)[nH]2)c1. The highest BCUT2D eigenvalue weighted by Gasteiger charge is 2.01. The van der Waals surface area contributed by atoms with Crippen LogP contribution in [0.3, 0.4) is 0 Å². The lowest BCUT2D eigenvalue weighted by molar-refractivity contribution is 1.02. The highest BCUT2D eigenvalue weighted by atomic mass is 16.1. The number of benzene rings is 1. The number of pyridine rings is 1. The fraction of sp³-hybridized carbons (Fsp3) is 0.154. The summed E-state index contributed by atoms with van der Waals surface area (Å²) < 4.78 is 0. The van der Waals surface area contributed by atoms with E-state index in [1.807, 2.05) is 37.3 Å². The molecular formula is C13H14N2O. The third-order valence-electron chi connectivity index (χ3n) is 2.54. The Morgan fingerprint density at radius 2 is 2.06 bits per heavy atom. The molecule has 0 aliphatic rings. The molecule has 82 valence electrons. The zero-order valence-electron chi connectivity index (χ0n) is 9.16. The van der Waals surface area contributed by atoms with Crippen LogP contribution >= 0.6 is 0 Å². The van der Waals surface area contributed by atoms with Gasteiger partial charge in [0.1, 0.15) is 0 Å². The molecule has 0 saturated heterocycles. The van der Waals surface area contributed by atoms with Gasteiger partial charge in [-0.15, -0.1) is 0 Å². The molecule has 3 heteroatoms. The summed E-state index contributed by atoms with van der Waals surface area (Å²) >= 11 is 0. The summed E-state index contributed by atoms with van der Waals surface area (Å²) in [6.07, 6.45) is 0.